The average Bonchev–Trinajstić information content (AvgIpc) is 2.89. The largest absolute Gasteiger partial charge is 0.313 e. The van der Waals surface area contributed by atoms with Gasteiger partial charge >= 0.3 is 0 Å². The Kier molecular flexibility index (Phi) is 2.27. The second kappa shape index (κ2) is 3.77. The topological polar surface area (TPSA) is 24.9 Å². The Morgan fingerprint density at radius 3 is 3.19 bits per heavy atom. The zero-order valence-corrected chi connectivity index (χ0v) is 9.11. The lowest BCUT2D eigenvalue weighted by molar-refractivity contribution is 0.563. The Morgan fingerprint density at radius 2 is 2.38 bits per heavy atom. The third kappa shape index (κ3) is 1.54. The van der Waals surface area contributed by atoms with Crippen LogP contribution in [0.3, 0.4) is 0 Å². The van der Waals surface area contributed by atoms with Crippen molar-refractivity contribution in [1.29, 1.82) is 0 Å². The van der Waals surface area contributed by atoms with E-state index in [1.807, 2.05) is 6.20 Å². The SMILES string of the molecule is C#Cc1cncc(C2=C[C@@H]3CCN[C@@H]3C2)c1. The van der Waals surface area contributed by atoms with Gasteiger partial charge in [-0.3, -0.25) is 4.98 Å². The third-order valence-electron chi connectivity index (χ3n) is 3.53. The summed E-state index contributed by atoms with van der Waals surface area (Å²) in [5.74, 6) is 3.35. The van der Waals surface area contributed by atoms with Crippen molar-refractivity contribution in [1.82, 2.24) is 10.3 Å². The molecular formula is C14H14N2. The highest BCUT2D eigenvalue weighted by atomic mass is 15.0. The number of aromatic nitrogens is 1. The van der Waals surface area contributed by atoms with Crippen molar-refractivity contribution >= 4 is 5.57 Å². The number of hydrogen-bond donors (Lipinski definition) is 1. The molecule has 1 aromatic rings. The van der Waals surface area contributed by atoms with Crippen molar-refractivity contribution in [3.63, 3.8) is 0 Å². The summed E-state index contributed by atoms with van der Waals surface area (Å²) in [7, 11) is 0. The number of nitrogens with zero attached hydrogens (tertiary/aromatic N) is 1. The minimum Gasteiger partial charge on any atom is -0.313 e. The van der Waals surface area contributed by atoms with Gasteiger partial charge in [-0.2, -0.15) is 0 Å². The Labute approximate surface area is 95.8 Å². The van der Waals surface area contributed by atoms with Crippen molar-refractivity contribution in [3.8, 4) is 12.3 Å². The van der Waals surface area contributed by atoms with E-state index in [1.54, 1.807) is 6.20 Å². The summed E-state index contributed by atoms with van der Waals surface area (Å²) in [6.07, 6.45) is 13.8. The van der Waals surface area contributed by atoms with Gasteiger partial charge in [0.1, 0.15) is 0 Å². The molecule has 1 saturated heterocycles. The van der Waals surface area contributed by atoms with Gasteiger partial charge in [-0.15, -0.1) is 6.42 Å². The van der Waals surface area contributed by atoms with Gasteiger partial charge in [0, 0.05) is 24.0 Å². The molecule has 1 aliphatic heterocycles. The zero-order chi connectivity index (χ0) is 11.0. The number of terminal acetylenes is 1. The maximum Gasteiger partial charge on any atom is 0.0432 e. The number of hydrogen-bond acceptors (Lipinski definition) is 2. The molecular weight excluding hydrogens is 196 g/mol. The van der Waals surface area contributed by atoms with Gasteiger partial charge < -0.3 is 5.32 Å². The lowest BCUT2D eigenvalue weighted by Crippen LogP contribution is -2.22. The molecule has 0 radical (unpaired) electrons. The molecule has 2 nitrogen and oxygen atoms in total. The summed E-state index contributed by atoms with van der Waals surface area (Å²) < 4.78 is 0. The Bertz CT molecular complexity index is 482. The van der Waals surface area contributed by atoms with E-state index in [0.717, 1.165) is 18.5 Å². The van der Waals surface area contributed by atoms with Gasteiger partial charge in [0.2, 0.25) is 0 Å². The van der Waals surface area contributed by atoms with E-state index < -0.39 is 0 Å². The Hall–Kier alpha value is -1.59. The van der Waals surface area contributed by atoms with E-state index in [4.69, 9.17) is 6.42 Å². The number of fused-ring (bicyclic) bond motifs is 1. The average molecular weight is 210 g/mol. The Balaban J connectivity index is 1.91. The normalized spacial score (nSPS) is 27.3. The van der Waals surface area contributed by atoms with Crippen LogP contribution in [0, 0.1) is 18.3 Å². The molecule has 16 heavy (non-hydrogen) atoms. The van der Waals surface area contributed by atoms with Gasteiger partial charge in [0.15, 0.2) is 0 Å². The first kappa shape index (κ1) is 9.62. The van der Waals surface area contributed by atoms with Crippen LogP contribution in [0.4, 0.5) is 0 Å². The van der Waals surface area contributed by atoms with Crippen LogP contribution in [-0.2, 0) is 0 Å². The molecule has 3 rings (SSSR count). The first-order chi connectivity index (χ1) is 7.86. The molecule has 0 bridgehead atoms. The summed E-state index contributed by atoms with van der Waals surface area (Å²) in [5.41, 5.74) is 3.45. The summed E-state index contributed by atoms with van der Waals surface area (Å²) >= 11 is 0. The van der Waals surface area contributed by atoms with Crippen LogP contribution in [-0.4, -0.2) is 17.6 Å². The monoisotopic (exact) mass is 210 g/mol. The van der Waals surface area contributed by atoms with Crippen molar-refractivity contribution in [2.24, 2.45) is 5.92 Å². The second-order valence-electron chi connectivity index (χ2n) is 4.52. The highest BCUT2D eigenvalue weighted by Gasteiger charge is 2.31. The van der Waals surface area contributed by atoms with Crippen LogP contribution in [0.15, 0.2) is 24.5 Å². The van der Waals surface area contributed by atoms with Crippen molar-refractivity contribution in [3.05, 3.63) is 35.7 Å². The van der Waals surface area contributed by atoms with E-state index in [9.17, 15) is 0 Å². The Morgan fingerprint density at radius 1 is 1.44 bits per heavy atom. The molecule has 2 heteroatoms. The van der Waals surface area contributed by atoms with Gasteiger partial charge in [-0.1, -0.05) is 12.0 Å². The van der Waals surface area contributed by atoms with Gasteiger partial charge in [0.05, 0.1) is 0 Å². The van der Waals surface area contributed by atoms with Crippen LogP contribution >= 0.6 is 0 Å². The summed E-state index contributed by atoms with van der Waals surface area (Å²) in [6, 6.07) is 2.70. The molecule has 0 aromatic carbocycles. The second-order valence-corrected chi connectivity index (χ2v) is 4.52. The molecule has 1 aromatic heterocycles. The molecule has 2 aliphatic rings. The maximum atomic E-state index is 5.39. The smallest absolute Gasteiger partial charge is 0.0432 e. The van der Waals surface area contributed by atoms with E-state index in [-0.39, 0.29) is 0 Å². The lowest BCUT2D eigenvalue weighted by atomic mass is 10.0. The van der Waals surface area contributed by atoms with Crippen molar-refractivity contribution < 1.29 is 0 Å². The minimum atomic E-state index is 0.643. The summed E-state index contributed by atoms with van der Waals surface area (Å²) in [6.45, 7) is 1.15. The zero-order valence-electron chi connectivity index (χ0n) is 9.11. The molecule has 80 valence electrons. The third-order valence-corrected chi connectivity index (χ3v) is 3.53. The fourth-order valence-electron chi connectivity index (χ4n) is 2.68. The molecule has 1 fully saturated rings. The maximum absolute atomic E-state index is 5.39. The standard InChI is InChI=1S/C14H14N2/c1-2-10-5-13(9-15-8-10)12-6-11-3-4-16-14(11)7-12/h1,5-6,8-9,11,14,16H,3-4,7H2/t11-,14+/m0/s1. The molecule has 2 heterocycles. The van der Waals surface area contributed by atoms with E-state index in [2.05, 4.69) is 28.4 Å². The first-order valence-corrected chi connectivity index (χ1v) is 5.73. The van der Waals surface area contributed by atoms with Gasteiger partial charge in [0.25, 0.3) is 0 Å². The van der Waals surface area contributed by atoms with Gasteiger partial charge in [-0.05, 0) is 42.5 Å². The predicted molar refractivity (Wildman–Crippen MR) is 64.7 cm³/mol. The van der Waals surface area contributed by atoms with Crippen LogP contribution in [0.5, 0.6) is 0 Å². The van der Waals surface area contributed by atoms with Crippen LogP contribution < -0.4 is 5.32 Å². The fourth-order valence-corrected chi connectivity index (χ4v) is 2.68. The lowest BCUT2D eigenvalue weighted by Gasteiger charge is -2.08. The quantitative estimate of drug-likeness (QED) is 0.715. The summed E-state index contributed by atoms with van der Waals surface area (Å²) in [4.78, 5) is 4.19. The van der Waals surface area contributed by atoms with Crippen molar-refractivity contribution in [2.75, 3.05) is 6.54 Å². The van der Waals surface area contributed by atoms with E-state index in [1.165, 1.54) is 17.6 Å². The molecule has 1 N–H and O–H groups in total. The number of rotatable bonds is 1. The molecule has 0 saturated carbocycles. The molecule has 1 aliphatic carbocycles. The highest BCUT2D eigenvalue weighted by molar-refractivity contribution is 5.69. The predicted octanol–water partition coefficient (Wildman–Crippen LogP) is 1.83. The van der Waals surface area contributed by atoms with E-state index in [0.29, 0.717) is 12.0 Å². The minimum absolute atomic E-state index is 0.643. The molecule has 0 unspecified atom stereocenters. The van der Waals surface area contributed by atoms with Crippen LogP contribution in [0.2, 0.25) is 0 Å². The first-order valence-electron chi connectivity index (χ1n) is 5.73. The molecule has 0 spiro atoms. The van der Waals surface area contributed by atoms with Gasteiger partial charge in [-0.25, -0.2) is 0 Å². The number of pyridine rings is 1. The highest BCUT2D eigenvalue weighted by Crippen LogP contribution is 2.35. The molecule has 2 atom stereocenters. The van der Waals surface area contributed by atoms with E-state index >= 15 is 0 Å². The van der Waals surface area contributed by atoms with Crippen LogP contribution in [0.1, 0.15) is 24.0 Å². The fraction of sp³-hybridized carbons (Fsp3) is 0.357. The molecule has 0 amide bonds. The number of nitrogens with one attached hydrogen (secondary N) is 1. The summed E-state index contributed by atoms with van der Waals surface area (Å²) in [5, 5.41) is 3.53. The van der Waals surface area contributed by atoms with Crippen molar-refractivity contribution in [2.45, 2.75) is 18.9 Å². The van der Waals surface area contributed by atoms with Crippen LogP contribution in [0.25, 0.3) is 5.57 Å².